The number of fused-ring (bicyclic) bond motifs is 2. The molecule has 0 aliphatic carbocycles. The number of rotatable bonds is 8. The Kier molecular flexibility index (Phi) is 9.88. The molecule has 9 heteroatoms. The predicted octanol–water partition coefficient (Wildman–Crippen LogP) is 5.81. The minimum absolute atomic E-state index is 0.130. The number of amides is 3. The van der Waals surface area contributed by atoms with Crippen LogP contribution in [0.25, 0.3) is 0 Å². The Balaban J connectivity index is 0.821. The van der Waals surface area contributed by atoms with Crippen LogP contribution in [0.3, 0.4) is 0 Å². The number of imide groups is 1. The lowest BCUT2D eigenvalue weighted by atomic mass is 9.76. The van der Waals surface area contributed by atoms with E-state index in [1.54, 1.807) is 23.1 Å². The minimum Gasteiger partial charge on any atom is -0.508 e. The van der Waals surface area contributed by atoms with Gasteiger partial charge in [-0.15, -0.1) is 0 Å². The molecule has 53 heavy (non-hydrogen) atoms. The summed E-state index contributed by atoms with van der Waals surface area (Å²) in [4.78, 5) is 43.7. The van der Waals surface area contributed by atoms with Crippen LogP contribution in [-0.2, 0) is 16.1 Å². The monoisotopic (exact) mass is 708 g/mol. The third-order valence-electron chi connectivity index (χ3n) is 11.2. The molecule has 0 spiro atoms. The summed E-state index contributed by atoms with van der Waals surface area (Å²) in [5, 5.41) is 12.5. The molecule has 4 heterocycles. The summed E-state index contributed by atoms with van der Waals surface area (Å²) < 4.78 is 6.15. The van der Waals surface area contributed by atoms with E-state index < -0.39 is 11.9 Å². The molecule has 0 bridgehead atoms. The van der Waals surface area contributed by atoms with E-state index in [2.05, 4.69) is 75.5 Å². The number of hydrogen-bond acceptors (Lipinski definition) is 7. The van der Waals surface area contributed by atoms with Crippen LogP contribution < -0.4 is 15.0 Å². The maximum atomic E-state index is 13.1. The fourth-order valence-electron chi connectivity index (χ4n) is 8.33. The Hall–Kier alpha value is -5.59. The summed E-state index contributed by atoms with van der Waals surface area (Å²) in [6.07, 6.45) is 3.45. The van der Waals surface area contributed by atoms with Crippen LogP contribution >= 0.6 is 0 Å². The molecule has 4 aromatic rings. The highest BCUT2D eigenvalue weighted by Crippen LogP contribution is 2.47. The van der Waals surface area contributed by atoms with Crippen LogP contribution in [0.1, 0.15) is 82.1 Å². The van der Waals surface area contributed by atoms with Gasteiger partial charge in [0.2, 0.25) is 11.8 Å². The van der Waals surface area contributed by atoms with Crippen LogP contribution in [0.2, 0.25) is 0 Å². The fourth-order valence-corrected chi connectivity index (χ4v) is 8.33. The number of phenols is 1. The second-order valence-corrected chi connectivity index (χ2v) is 14.4. The highest BCUT2D eigenvalue weighted by atomic mass is 16.5. The molecule has 3 atom stereocenters. The molecule has 0 radical (unpaired) electrons. The molecular weight excluding hydrogens is 665 g/mol. The zero-order chi connectivity index (χ0) is 36.3. The Labute approximate surface area is 310 Å². The van der Waals surface area contributed by atoms with E-state index in [1.807, 2.05) is 24.3 Å². The first-order chi connectivity index (χ1) is 25.9. The summed E-state index contributed by atoms with van der Waals surface area (Å²) in [7, 11) is 0. The van der Waals surface area contributed by atoms with E-state index in [9.17, 15) is 19.5 Å². The SMILES string of the molecule is O=C1CCC(N2Cc3c(C#CCCCCN4CCN(c5ccc(C6c7ccc(O)cc7OC[C@@H]6c6ccccc6)cc5)CC4)cccc3C2=O)C(=O)N1. The average molecular weight is 709 g/mol. The number of phenolic OH excluding ortho intramolecular Hbond substituents is 1. The largest absolute Gasteiger partial charge is 0.508 e. The quantitative estimate of drug-likeness (QED) is 0.136. The van der Waals surface area contributed by atoms with Gasteiger partial charge in [0.05, 0.1) is 6.61 Å². The van der Waals surface area contributed by atoms with Gasteiger partial charge in [-0.05, 0) is 72.8 Å². The van der Waals surface area contributed by atoms with E-state index in [0.29, 0.717) is 25.1 Å². The lowest BCUT2D eigenvalue weighted by Gasteiger charge is -2.37. The van der Waals surface area contributed by atoms with Gasteiger partial charge in [-0.25, -0.2) is 0 Å². The van der Waals surface area contributed by atoms with E-state index in [4.69, 9.17) is 4.74 Å². The van der Waals surface area contributed by atoms with E-state index in [-0.39, 0.29) is 35.8 Å². The van der Waals surface area contributed by atoms with Crippen molar-refractivity contribution in [3.63, 3.8) is 0 Å². The standard InChI is InChI=1S/C44H44N4O5/c49-34-18-19-36-40(27-34)53-29-38(31-10-5-3-6-11-31)42(36)32-14-16-33(17-15-32)47-25-23-46(24-26-47)22-7-2-1-4-9-30-12-8-13-35-37(30)28-48(44(35)52)39-20-21-41(50)45-43(39)51/h3,5-6,8,10-19,27,38-39,42,49H,1-2,7,20-26,28-29H2,(H,45,50,51)/t38-,39?,42?/m1/s1. The normalized spacial score (nSPS) is 21.3. The molecular formula is C44H44N4O5. The van der Waals surface area contributed by atoms with Gasteiger partial charge in [0, 0.05) is 85.8 Å². The van der Waals surface area contributed by atoms with E-state index in [0.717, 1.165) is 74.4 Å². The number of benzene rings is 4. The topological polar surface area (TPSA) is 102 Å². The maximum Gasteiger partial charge on any atom is 0.255 e. The van der Waals surface area contributed by atoms with Gasteiger partial charge in [0.1, 0.15) is 17.5 Å². The Morgan fingerprint density at radius 3 is 2.45 bits per heavy atom. The van der Waals surface area contributed by atoms with Crippen molar-refractivity contribution in [3.8, 4) is 23.3 Å². The number of nitrogens with one attached hydrogen (secondary N) is 1. The molecule has 3 amide bonds. The molecule has 4 aromatic carbocycles. The average Bonchev–Trinajstić information content (AvgIpc) is 3.52. The molecule has 2 unspecified atom stereocenters. The number of unbranched alkanes of at least 4 members (excludes halogenated alkanes) is 2. The Bertz CT molecular complexity index is 2060. The third-order valence-corrected chi connectivity index (χ3v) is 11.2. The number of ether oxygens (including phenoxy) is 1. The van der Waals surface area contributed by atoms with E-state index >= 15 is 0 Å². The van der Waals surface area contributed by atoms with Crippen LogP contribution in [-0.4, -0.2) is 78.0 Å². The van der Waals surface area contributed by atoms with Crippen molar-refractivity contribution in [2.45, 2.75) is 56.5 Å². The van der Waals surface area contributed by atoms with E-state index in [1.165, 1.54) is 16.8 Å². The van der Waals surface area contributed by atoms with Gasteiger partial charge in [-0.2, -0.15) is 0 Å². The molecule has 2 saturated heterocycles. The number of carbonyl (C=O) groups is 3. The van der Waals surface area contributed by atoms with Gasteiger partial charge < -0.3 is 19.6 Å². The first-order valence-corrected chi connectivity index (χ1v) is 18.8. The van der Waals surface area contributed by atoms with Gasteiger partial charge in [0.25, 0.3) is 5.91 Å². The lowest BCUT2D eigenvalue weighted by molar-refractivity contribution is -0.136. The fraction of sp³-hybridized carbons (Fsp3) is 0.341. The van der Waals surface area contributed by atoms with Crippen molar-refractivity contribution in [1.82, 2.24) is 15.1 Å². The smallest absolute Gasteiger partial charge is 0.255 e. The minimum atomic E-state index is -0.623. The molecule has 9 nitrogen and oxygen atoms in total. The second-order valence-electron chi connectivity index (χ2n) is 14.4. The number of anilines is 1. The number of piperazine rings is 1. The summed E-state index contributed by atoms with van der Waals surface area (Å²) in [5.41, 5.74) is 7.15. The van der Waals surface area contributed by atoms with Crippen LogP contribution in [0.15, 0.2) is 91.0 Å². The number of hydrogen-bond donors (Lipinski definition) is 2. The Morgan fingerprint density at radius 1 is 0.849 bits per heavy atom. The number of carbonyl (C=O) groups excluding carboxylic acids is 3. The van der Waals surface area contributed by atoms with Crippen molar-refractivity contribution in [2.75, 3.05) is 44.2 Å². The molecule has 0 saturated carbocycles. The van der Waals surface area contributed by atoms with Crippen molar-refractivity contribution >= 4 is 23.4 Å². The van der Waals surface area contributed by atoms with Gasteiger partial charge in [0.15, 0.2) is 0 Å². The predicted molar refractivity (Wildman–Crippen MR) is 203 cm³/mol. The van der Waals surface area contributed by atoms with Crippen molar-refractivity contribution < 1.29 is 24.2 Å². The first-order valence-electron chi connectivity index (χ1n) is 18.8. The molecule has 270 valence electrons. The summed E-state index contributed by atoms with van der Waals surface area (Å²) >= 11 is 0. The maximum absolute atomic E-state index is 13.1. The molecule has 2 N–H and O–H groups in total. The van der Waals surface area contributed by atoms with Gasteiger partial charge >= 0.3 is 0 Å². The highest BCUT2D eigenvalue weighted by molar-refractivity contribution is 6.05. The second kappa shape index (κ2) is 15.2. The van der Waals surface area contributed by atoms with Crippen molar-refractivity contribution in [2.24, 2.45) is 0 Å². The summed E-state index contributed by atoms with van der Waals surface area (Å²) in [5.74, 6) is 7.04. The number of aromatic hydroxyl groups is 1. The van der Waals surface area contributed by atoms with Crippen LogP contribution in [0, 0.1) is 11.8 Å². The zero-order valence-corrected chi connectivity index (χ0v) is 29.8. The lowest BCUT2D eigenvalue weighted by Crippen LogP contribution is -2.52. The number of piperidine rings is 1. The van der Waals surface area contributed by atoms with Gasteiger partial charge in [-0.3, -0.25) is 24.6 Å². The summed E-state index contributed by atoms with van der Waals surface area (Å²) in [6, 6.07) is 30.1. The highest BCUT2D eigenvalue weighted by Gasteiger charge is 2.40. The molecule has 4 aliphatic heterocycles. The van der Waals surface area contributed by atoms with Crippen molar-refractivity contribution in [3.05, 3.63) is 124 Å². The van der Waals surface area contributed by atoms with Crippen molar-refractivity contribution in [1.29, 1.82) is 0 Å². The van der Waals surface area contributed by atoms with Crippen LogP contribution in [0.5, 0.6) is 11.5 Å². The third kappa shape index (κ3) is 7.24. The summed E-state index contributed by atoms with van der Waals surface area (Å²) in [6.45, 7) is 5.96. The molecule has 0 aromatic heterocycles. The number of nitrogens with zero attached hydrogens (tertiary/aromatic N) is 3. The molecule has 8 rings (SSSR count). The zero-order valence-electron chi connectivity index (χ0n) is 29.8. The first kappa shape index (κ1) is 34.5. The van der Waals surface area contributed by atoms with Crippen LogP contribution in [0.4, 0.5) is 5.69 Å². The van der Waals surface area contributed by atoms with Gasteiger partial charge in [-0.1, -0.05) is 66.4 Å². The molecule has 2 fully saturated rings. The molecule has 4 aliphatic rings. The Morgan fingerprint density at radius 2 is 1.66 bits per heavy atom.